The Kier molecular flexibility index (Phi) is 5.64. The summed E-state index contributed by atoms with van der Waals surface area (Å²) < 4.78 is 5.24. The fourth-order valence-electron chi connectivity index (χ4n) is 3.82. The number of amides is 1. The number of rotatable bonds is 6. The molecule has 0 atom stereocenters. The number of ketones is 2. The van der Waals surface area contributed by atoms with Crippen molar-refractivity contribution in [2.75, 3.05) is 26.0 Å². The predicted octanol–water partition coefficient (Wildman–Crippen LogP) is 3.54. The molecule has 0 aliphatic heterocycles. The Morgan fingerprint density at radius 1 is 0.903 bits per heavy atom. The molecule has 0 heterocycles. The quantitative estimate of drug-likeness (QED) is 0.522. The molecule has 156 valence electrons. The van der Waals surface area contributed by atoms with E-state index in [0.29, 0.717) is 28.9 Å². The predicted molar refractivity (Wildman–Crippen MR) is 118 cm³/mol. The molecule has 31 heavy (non-hydrogen) atoms. The van der Waals surface area contributed by atoms with Crippen LogP contribution in [0.2, 0.25) is 0 Å². The molecule has 4 rings (SSSR count). The van der Waals surface area contributed by atoms with Crippen molar-refractivity contribution in [3.05, 3.63) is 94.5 Å². The van der Waals surface area contributed by atoms with Crippen molar-refractivity contribution < 1.29 is 19.1 Å². The zero-order valence-electron chi connectivity index (χ0n) is 17.3. The zero-order valence-corrected chi connectivity index (χ0v) is 17.3. The van der Waals surface area contributed by atoms with E-state index in [1.165, 1.54) is 0 Å². The lowest BCUT2D eigenvalue weighted by Crippen LogP contribution is -2.31. The van der Waals surface area contributed by atoms with Gasteiger partial charge in [0, 0.05) is 23.2 Å². The molecule has 1 aliphatic rings. The molecule has 0 unspecified atom stereocenters. The molecule has 1 aliphatic carbocycles. The fraction of sp³-hybridized carbons (Fsp3) is 0.160. The first kappa shape index (κ1) is 20.5. The molecular formula is C25H22N2O4. The first-order chi connectivity index (χ1) is 15.0. The highest BCUT2D eigenvalue weighted by Gasteiger charge is 2.31. The first-order valence-electron chi connectivity index (χ1n) is 9.90. The summed E-state index contributed by atoms with van der Waals surface area (Å²) in [6.45, 7) is 0.682. The van der Waals surface area contributed by atoms with Gasteiger partial charge in [-0.3, -0.25) is 19.3 Å². The summed E-state index contributed by atoms with van der Waals surface area (Å²) in [7, 11) is 3.45. The smallest absolute Gasteiger partial charge is 0.238 e. The van der Waals surface area contributed by atoms with Gasteiger partial charge in [-0.1, -0.05) is 48.5 Å². The Bertz CT molecular complexity index is 1190. The standard InChI is InChI=1S/C25H22N2O4/c1-27(14-16-7-5-8-17(13-16)31-2)15-22(28)26-21-12-6-11-20-23(21)25(30)19-10-4-3-9-18(19)24(20)29/h3-13H,14-15H2,1-2H3,(H,26,28). The van der Waals surface area contributed by atoms with Gasteiger partial charge in [0.15, 0.2) is 11.6 Å². The minimum absolute atomic E-state index is 0.125. The average molecular weight is 414 g/mol. The van der Waals surface area contributed by atoms with E-state index in [-0.39, 0.29) is 29.6 Å². The monoisotopic (exact) mass is 414 g/mol. The lowest BCUT2D eigenvalue weighted by molar-refractivity contribution is -0.117. The van der Waals surface area contributed by atoms with Crippen molar-refractivity contribution >= 4 is 23.2 Å². The van der Waals surface area contributed by atoms with Crippen molar-refractivity contribution in [3.8, 4) is 5.75 Å². The number of ether oxygens (including phenoxy) is 1. The second-order valence-electron chi connectivity index (χ2n) is 7.50. The number of nitrogens with zero attached hydrogens (tertiary/aromatic N) is 1. The minimum Gasteiger partial charge on any atom is -0.497 e. The number of anilines is 1. The van der Waals surface area contributed by atoms with Gasteiger partial charge < -0.3 is 10.1 Å². The Morgan fingerprint density at radius 2 is 1.58 bits per heavy atom. The number of benzene rings is 3. The van der Waals surface area contributed by atoms with Crippen molar-refractivity contribution in [2.24, 2.45) is 0 Å². The number of likely N-dealkylation sites (N-methyl/N-ethyl adjacent to an activating group) is 1. The van der Waals surface area contributed by atoms with Crippen LogP contribution in [0.5, 0.6) is 5.75 Å². The maximum Gasteiger partial charge on any atom is 0.238 e. The van der Waals surface area contributed by atoms with E-state index in [2.05, 4.69) is 5.32 Å². The summed E-state index contributed by atoms with van der Waals surface area (Å²) in [5.41, 5.74) is 2.67. The van der Waals surface area contributed by atoms with Crippen molar-refractivity contribution in [2.45, 2.75) is 6.54 Å². The lowest BCUT2D eigenvalue weighted by atomic mass is 9.83. The second kappa shape index (κ2) is 8.53. The largest absolute Gasteiger partial charge is 0.497 e. The Hall–Kier alpha value is -3.77. The number of fused-ring (bicyclic) bond motifs is 2. The zero-order chi connectivity index (χ0) is 22.0. The van der Waals surface area contributed by atoms with Crippen LogP contribution >= 0.6 is 0 Å². The van der Waals surface area contributed by atoms with Gasteiger partial charge in [-0.25, -0.2) is 0 Å². The van der Waals surface area contributed by atoms with Crippen molar-refractivity contribution in [1.82, 2.24) is 4.90 Å². The van der Waals surface area contributed by atoms with Crippen LogP contribution in [0.4, 0.5) is 5.69 Å². The second-order valence-corrected chi connectivity index (χ2v) is 7.50. The fourth-order valence-corrected chi connectivity index (χ4v) is 3.82. The Morgan fingerprint density at radius 3 is 2.32 bits per heavy atom. The molecule has 0 aromatic heterocycles. The van der Waals surface area contributed by atoms with E-state index in [0.717, 1.165) is 11.3 Å². The molecule has 1 amide bonds. The van der Waals surface area contributed by atoms with Crippen molar-refractivity contribution in [1.29, 1.82) is 0 Å². The Labute approximate surface area is 180 Å². The maximum absolute atomic E-state index is 13.1. The summed E-state index contributed by atoms with van der Waals surface area (Å²) in [4.78, 5) is 40.4. The summed E-state index contributed by atoms with van der Waals surface area (Å²) in [5.74, 6) is 0.0231. The number of nitrogens with one attached hydrogen (secondary N) is 1. The molecule has 0 saturated carbocycles. The average Bonchev–Trinajstić information content (AvgIpc) is 2.77. The molecule has 3 aromatic carbocycles. The van der Waals surface area contributed by atoms with Gasteiger partial charge in [-0.15, -0.1) is 0 Å². The van der Waals surface area contributed by atoms with E-state index in [4.69, 9.17) is 4.74 Å². The summed E-state index contributed by atoms with van der Waals surface area (Å²) in [6.07, 6.45) is 0. The van der Waals surface area contributed by atoms with E-state index in [1.54, 1.807) is 49.6 Å². The van der Waals surface area contributed by atoms with Gasteiger partial charge in [0.05, 0.1) is 24.9 Å². The van der Waals surface area contributed by atoms with E-state index in [1.807, 2.05) is 36.2 Å². The van der Waals surface area contributed by atoms with Crippen LogP contribution in [0.1, 0.15) is 37.4 Å². The topological polar surface area (TPSA) is 75.7 Å². The summed E-state index contributed by atoms with van der Waals surface area (Å²) in [6, 6.07) is 19.3. The number of carbonyl (C=O) groups excluding carboxylic acids is 3. The van der Waals surface area contributed by atoms with Gasteiger partial charge in [0.2, 0.25) is 5.91 Å². The number of carbonyl (C=O) groups is 3. The van der Waals surface area contributed by atoms with Gasteiger partial charge >= 0.3 is 0 Å². The highest BCUT2D eigenvalue weighted by atomic mass is 16.5. The highest BCUT2D eigenvalue weighted by Crippen LogP contribution is 2.31. The summed E-state index contributed by atoms with van der Waals surface area (Å²) in [5, 5.41) is 2.81. The van der Waals surface area contributed by atoms with E-state index < -0.39 is 0 Å². The van der Waals surface area contributed by atoms with E-state index >= 15 is 0 Å². The minimum atomic E-state index is -0.266. The molecular weight excluding hydrogens is 392 g/mol. The normalized spacial score (nSPS) is 12.4. The summed E-state index contributed by atoms with van der Waals surface area (Å²) >= 11 is 0. The third kappa shape index (κ3) is 4.11. The number of hydrogen-bond acceptors (Lipinski definition) is 5. The van der Waals surface area contributed by atoms with Gasteiger partial charge in [0.25, 0.3) is 0 Å². The van der Waals surface area contributed by atoms with Crippen LogP contribution in [0, 0.1) is 0 Å². The van der Waals surface area contributed by atoms with Crippen LogP contribution < -0.4 is 10.1 Å². The molecule has 0 fully saturated rings. The highest BCUT2D eigenvalue weighted by molar-refractivity contribution is 6.30. The van der Waals surface area contributed by atoms with Crippen LogP contribution in [-0.4, -0.2) is 43.1 Å². The van der Waals surface area contributed by atoms with Gasteiger partial charge in [-0.2, -0.15) is 0 Å². The van der Waals surface area contributed by atoms with Crippen LogP contribution in [-0.2, 0) is 11.3 Å². The number of hydrogen-bond donors (Lipinski definition) is 1. The molecule has 0 bridgehead atoms. The van der Waals surface area contributed by atoms with E-state index in [9.17, 15) is 14.4 Å². The Balaban J connectivity index is 1.51. The third-order valence-electron chi connectivity index (χ3n) is 5.23. The molecule has 6 nitrogen and oxygen atoms in total. The molecule has 0 spiro atoms. The molecule has 3 aromatic rings. The van der Waals surface area contributed by atoms with Crippen LogP contribution in [0.25, 0.3) is 0 Å². The third-order valence-corrected chi connectivity index (χ3v) is 5.23. The maximum atomic E-state index is 13.1. The number of methoxy groups -OCH3 is 1. The lowest BCUT2D eigenvalue weighted by Gasteiger charge is -2.21. The first-order valence-corrected chi connectivity index (χ1v) is 9.90. The van der Waals surface area contributed by atoms with Gasteiger partial charge in [-0.05, 0) is 30.8 Å². The SMILES string of the molecule is COc1cccc(CN(C)CC(=O)Nc2cccc3c2C(=O)c2ccccc2C3=O)c1. The molecule has 6 heteroatoms. The molecule has 1 N–H and O–H groups in total. The van der Waals surface area contributed by atoms with Crippen molar-refractivity contribution in [3.63, 3.8) is 0 Å². The molecule has 0 saturated heterocycles. The van der Waals surface area contributed by atoms with Crippen LogP contribution in [0.15, 0.2) is 66.7 Å². The molecule has 0 radical (unpaired) electrons. The van der Waals surface area contributed by atoms with Gasteiger partial charge in [0.1, 0.15) is 5.75 Å². The van der Waals surface area contributed by atoms with Crippen LogP contribution in [0.3, 0.4) is 0 Å².